The number of hydrogen-bond donors (Lipinski definition) is 1. The van der Waals surface area contributed by atoms with Crippen LogP contribution in [-0.2, 0) is 37.9 Å². The maximum absolute atomic E-state index is 12.8. The van der Waals surface area contributed by atoms with Crippen molar-refractivity contribution in [1.82, 2.24) is 19.6 Å². The lowest BCUT2D eigenvalue weighted by Crippen LogP contribution is -2.26. The standard InChI is InChI=1S/C19H26N4O.C2HF3O2/c1-5-6-14-7-9-15(10-8-14)19(24)23-11-16-17(12-21(2)3)20-22(4)18(16)13-23;3-2(4,5)1(6)7/h7-10H,5-6,11-13H2,1-4H3;(H,6,7). The number of nitrogens with zero attached hydrogens (tertiary/aromatic N) is 4. The third kappa shape index (κ3) is 6.30. The summed E-state index contributed by atoms with van der Waals surface area (Å²) in [5.41, 5.74) is 5.50. The normalized spacial score (nSPS) is 13.1. The number of carbonyl (C=O) groups excluding carboxylic acids is 1. The maximum atomic E-state index is 12.8. The Bertz CT molecular complexity index is 921. The van der Waals surface area contributed by atoms with Gasteiger partial charge in [-0.05, 0) is 38.2 Å². The summed E-state index contributed by atoms with van der Waals surface area (Å²) in [6.45, 7) is 4.26. The van der Waals surface area contributed by atoms with Crippen LogP contribution in [0.4, 0.5) is 13.2 Å². The lowest BCUT2D eigenvalue weighted by atomic mass is 10.1. The molecule has 0 saturated carbocycles. The molecule has 2 heterocycles. The van der Waals surface area contributed by atoms with Crippen LogP contribution in [-0.4, -0.2) is 56.8 Å². The molecule has 0 atom stereocenters. The fourth-order valence-electron chi connectivity index (χ4n) is 3.33. The highest BCUT2D eigenvalue weighted by atomic mass is 19.4. The predicted molar refractivity (Wildman–Crippen MR) is 108 cm³/mol. The van der Waals surface area contributed by atoms with Gasteiger partial charge < -0.3 is 14.9 Å². The summed E-state index contributed by atoms with van der Waals surface area (Å²) < 4.78 is 33.7. The number of carboxylic acid groups (broad SMARTS) is 1. The largest absolute Gasteiger partial charge is 0.490 e. The van der Waals surface area contributed by atoms with E-state index in [2.05, 4.69) is 29.1 Å². The summed E-state index contributed by atoms with van der Waals surface area (Å²) >= 11 is 0. The van der Waals surface area contributed by atoms with Crippen LogP contribution >= 0.6 is 0 Å². The van der Waals surface area contributed by atoms with Crippen molar-refractivity contribution in [3.63, 3.8) is 0 Å². The van der Waals surface area contributed by atoms with Gasteiger partial charge in [0.25, 0.3) is 5.91 Å². The first-order chi connectivity index (χ1) is 14.4. The van der Waals surface area contributed by atoms with Crippen molar-refractivity contribution in [3.8, 4) is 0 Å². The summed E-state index contributed by atoms with van der Waals surface area (Å²) in [5, 5.41) is 11.7. The van der Waals surface area contributed by atoms with Gasteiger partial charge in [-0.2, -0.15) is 18.3 Å². The Kier molecular flexibility index (Phi) is 7.83. The molecule has 0 saturated heterocycles. The molecule has 0 fully saturated rings. The molecular formula is C21H27F3N4O3. The van der Waals surface area contributed by atoms with Gasteiger partial charge >= 0.3 is 12.1 Å². The van der Waals surface area contributed by atoms with Gasteiger partial charge in [-0.3, -0.25) is 9.48 Å². The first kappa shape index (κ1) is 24.4. The van der Waals surface area contributed by atoms with Gasteiger partial charge in [0.1, 0.15) is 0 Å². The zero-order valence-corrected chi connectivity index (χ0v) is 18.0. The number of benzene rings is 1. The van der Waals surface area contributed by atoms with Gasteiger partial charge in [0.15, 0.2) is 0 Å². The van der Waals surface area contributed by atoms with E-state index < -0.39 is 12.1 Å². The highest BCUT2D eigenvalue weighted by Gasteiger charge is 2.38. The van der Waals surface area contributed by atoms with E-state index in [-0.39, 0.29) is 5.91 Å². The number of carboxylic acids is 1. The fraction of sp³-hybridized carbons (Fsp3) is 0.476. The molecule has 0 unspecified atom stereocenters. The van der Waals surface area contributed by atoms with Crippen molar-refractivity contribution >= 4 is 11.9 Å². The zero-order chi connectivity index (χ0) is 23.3. The molecule has 1 N–H and O–H groups in total. The molecule has 7 nitrogen and oxygen atoms in total. The van der Waals surface area contributed by atoms with Crippen LogP contribution in [0.2, 0.25) is 0 Å². The molecule has 0 bridgehead atoms. The second kappa shape index (κ2) is 9.95. The van der Waals surface area contributed by atoms with Crippen LogP contribution in [0.3, 0.4) is 0 Å². The summed E-state index contributed by atoms with van der Waals surface area (Å²) in [6, 6.07) is 8.04. The van der Waals surface area contributed by atoms with Gasteiger partial charge in [0, 0.05) is 24.7 Å². The van der Waals surface area contributed by atoms with Gasteiger partial charge in [-0.1, -0.05) is 25.5 Å². The maximum Gasteiger partial charge on any atom is 0.490 e. The average Bonchev–Trinajstić information content (AvgIpc) is 3.23. The highest BCUT2D eigenvalue weighted by molar-refractivity contribution is 5.94. The van der Waals surface area contributed by atoms with Crippen LogP contribution < -0.4 is 0 Å². The molecule has 1 aliphatic heterocycles. The van der Waals surface area contributed by atoms with Crippen molar-refractivity contribution in [2.45, 2.75) is 45.6 Å². The summed E-state index contributed by atoms with van der Waals surface area (Å²) in [4.78, 5) is 25.7. The van der Waals surface area contributed by atoms with E-state index in [9.17, 15) is 18.0 Å². The van der Waals surface area contributed by atoms with E-state index in [1.54, 1.807) is 0 Å². The Hall–Kier alpha value is -2.88. The smallest absolute Gasteiger partial charge is 0.475 e. The average molecular weight is 440 g/mol. The van der Waals surface area contributed by atoms with Gasteiger partial charge in [-0.25, -0.2) is 4.79 Å². The molecule has 2 aromatic rings. The van der Waals surface area contributed by atoms with E-state index in [0.717, 1.165) is 36.3 Å². The van der Waals surface area contributed by atoms with Crippen LogP contribution in [0.5, 0.6) is 0 Å². The number of halogens is 3. The number of rotatable bonds is 5. The van der Waals surface area contributed by atoms with Crippen LogP contribution in [0, 0.1) is 0 Å². The third-order valence-corrected chi connectivity index (χ3v) is 4.78. The van der Waals surface area contributed by atoms with Crippen molar-refractivity contribution in [1.29, 1.82) is 0 Å². The molecule has 0 radical (unpaired) electrons. The Morgan fingerprint density at radius 1 is 1.16 bits per heavy atom. The minimum absolute atomic E-state index is 0.102. The Morgan fingerprint density at radius 2 is 1.74 bits per heavy atom. The number of hydrogen-bond acceptors (Lipinski definition) is 4. The quantitative estimate of drug-likeness (QED) is 0.773. The first-order valence-corrected chi connectivity index (χ1v) is 9.80. The second-order valence-electron chi connectivity index (χ2n) is 7.64. The van der Waals surface area contributed by atoms with E-state index in [4.69, 9.17) is 9.90 Å². The van der Waals surface area contributed by atoms with Crippen LogP contribution in [0.1, 0.15) is 46.2 Å². The molecule has 31 heavy (non-hydrogen) atoms. The number of carbonyl (C=O) groups is 2. The van der Waals surface area contributed by atoms with Crippen molar-refractivity contribution in [3.05, 3.63) is 52.3 Å². The number of amides is 1. The molecule has 0 aliphatic carbocycles. The van der Waals surface area contributed by atoms with Crippen LogP contribution in [0.15, 0.2) is 24.3 Å². The molecule has 3 rings (SSSR count). The zero-order valence-electron chi connectivity index (χ0n) is 18.0. The third-order valence-electron chi connectivity index (χ3n) is 4.78. The minimum Gasteiger partial charge on any atom is -0.475 e. The topological polar surface area (TPSA) is 78.7 Å². The summed E-state index contributed by atoms with van der Waals surface area (Å²) in [7, 11) is 6.04. The summed E-state index contributed by atoms with van der Waals surface area (Å²) in [5.74, 6) is -2.66. The lowest BCUT2D eigenvalue weighted by molar-refractivity contribution is -0.192. The van der Waals surface area contributed by atoms with Gasteiger partial charge in [-0.15, -0.1) is 0 Å². The minimum atomic E-state index is -5.08. The fourth-order valence-corrected chi connectivity index (χ4v) is 3.33. The number of alkyl halides is 3. The van der Waals surface area contributed by atoms with E-state index >= 15 is 0 Å². The van der Waals surface area contributed by atoms with E-state index in [1.165, 1.54) is 11.1 Å². The van der Waals surface area contributed by atoms with Gasteiger partial charge in [0.2, 0.25) is 0 Å². The lowest BCUT2D eigenvalue weighted by Gasteiger charge is -2.17. The Balaban J connectivity index is 0.000000423. The van der Waals surface area contributed by atoms with Crippen LogP contribution in [0.25, 0.3) is 0 Å². The van der Waals surface area contributed by atoms with E-state index in [0.29, 0.717) is 13.1 Å². The molecule has 1 amide bonds. The monoisotopic (exact) mass is 440 g/mol. The molecule has 170 valence electrons. The van der Waals surface area contributed by atoms with Crippen molar-refractivity contribution < 1.29 is 27.9 Å². The predicted octanol–water partition coefficient (Wildman–Crippen LogP) is 3.22. The summed E-state index contributed by atoms with van der Waals surface area (Å²) in [6.07, 6.45) is -2.90. The first-order valence-electron chi connectivity index (χ1n) is 9.80. The number of aromatic nitrogens is 2. The van der Waals surface area contributed by atoms with Gasteiger partial charge in [0.05, 0.1) is 24.5 Å². The molecule has 1 aliphatic rings. The second-order valence-corrected chi connectivity index (χ2v) is 7.64. The number of aryl methyl sites for hydroxylation is 2. The Morgan fingerprint density at radius 3 is 2.23 bits per heavy atom. The van der Waals surface area contributed by atoms with E-state index in [1.807, 2.05) is 42.9 Å². The SMILES string of the molecule is CCCc1ccc(C(=O)N2Cc3c(CN(C)C)nn(C)c3C2)cc1.O=C(O)C(F)(F)F. The molecular weight excluding hydrogens is 413 g/mol. The molecule has 10 heteroatoms. The highest BCUT2D eigenvalue weighted by Crippen LogP contribution is 2.27. The molecule has 1 aromatic carbocycles. The number of fused-ring (bicyclic) bond motifs is 1. The molecule has 0 spiro atoms. The van der Waals surface area contributed by atoms with Crippen molar-refractivity contribution in [2.24, 2.45) is 7.05 Å². The van der Waals surface area contributed by atoms with Crippen molar-refractivity contribution in [2.75, 3.05) is 14.1 Å². The Labute approximate surface area is 179 Å². The number of aliphatic carboxylic acids is 1. The molecule has 1 aromatic heterocycles.